The molecule has 48 heavy (non-hydrogen) atoms. The standard InChI is InChI=1S/C29H22O5.C6H8O4.C3H8O/c1-2-32-28(30)20-33-26-16-12-23(13-17-26)21-8-10-22(11-9-21)24-14-18-27(19-15-24)34-29(31)25-6-4-3-5-7-25;1-4(6(8)9)3-5(7)10-2;1-2-3-4/h2-19H,1,20H2;1,3H2,2H3,(H,8,9);4H,2-3H2,1H3. The number of esters is 3. The molecule has 0 fully saturated rings. The van der Waals surface area contributed by atoms with Crippen LogP contribution < -0.4 is 9.47 Å². The molecule has 0 aliphatic heterocycles. The van der Waals surface area contributed by atoms with Gasteiger partial charge < -0.3 is 29.2 Å². The maximum absolute atomic E-state index is 12.2. The Labute approximate surface area is 279 Å². The lowest BCUT2D eigenvalue weighted by Crippen LogP contribution is -2.11. The van der Waals surface area contributed by atoms with Crippen molar-refractivity contribution in [2.24, 2.45) is 0 Å². The Balaban J connectivity index is 0.000000481. The summed E-state index contributed by atoms with van der Waals surface area (Å²) < 4.78 is 19.7. The Hall–Kier alpha value is -6.00. The van der Waals surface area contributed by atoms with Crippen LogP contribution in [0.1, 0.15) is 30.1 Å². The second-order valence-corrected chi connectivity index (χ2v) is 9.71. The first kappa shape index (κ1) is 38.2. The van der Waals surface area contributed by atoms with Gasteiger partial charge in [0, 0.05) is 12.2 Å². The number of rotatable bonds is 12. The van der Waals surface area contributed by atoms with Crippen LogP contribution in [-0.4, -0.2) is 54.4 Å². The number of hydrogen-bond acceptors (Lipinski definition) is 9. The molecule has 0 aromatic heterocycles. The molecule has 0 spiro atoms. The van der Waals surface area contributed by atoms with E-state index in [1.165, 1.54) is 7.11 Å². The molecule has 0 saturated carbocycles. The van der Waals surface area contributed by atoms with Crippen molar-refractivity contribution in [1.29, 1.82) is 0 Å². The molecule has 0 saturated heterocycles. The van der Waals surface area contributed by atoms with Crippen molar-refractivity contribution in [2.45, 2.75) is 19.8 Å². The molecule has 4 aromatic rings. The molecule has 0 aliphatic rings. The number of carbonyl (C=O) groups is 4. The van der Waals surface area contributed by atoms with Gasteiger partial charge in [-0.2, -0.15) is 0 Å². The van der Waals surface area contributed by atoms with Crippen LogP contribution in [0.4, 0.5) is 0 Å². The maximum Gasteiger partial charge on any atom is 0.348 e. The monoisotopic (exact) mass is 654 g/mol. The van der Waals surface area contributed by atoms with Crippen LogP contribution in [0, 0.1) is 0 Å². The van der Waals surface area contributed by atoms with E-state index in [1.807, 2.05) is 61.5 Å². The van der Waals surface area contributed by atoms with Crippen LogP contribution in [-0.2, 0) is 23.9 Å². The summed E-state index contributed by atoms with van der Waals surface area (Å²) in [7, 11) is 1.19. The molecule has 0 radical (unpaired) electrons. The number of carboxylic acids is 1. The minimum absolute atomic E-state index is 0.160. The van der Waals surface area contributed by atoms with E-state index in [4.69, 9.17) is 19.7 Å². The van der Waals surface area contributed by atoms with Crippen LogP contribution in [0.15, 0.2) is 128 Å². The Bertz CT molecular complexity index is 1620. The van der Waals surface area contributed by atoms with Gasteiger partial charge in [-0.05, 0) is 65.1 Å². The summed E-state index contributed by atoms with van der Waals surface area (Å²) in [6, 6.07) is 31.9. The van der Waals surface area contributed by atoms with Crippen molar-refractivity contribution in [3.8, 4) is 33.8 Å². The Morgan fingerprint density at radius 2 is 1.19 bits per heavy atom. The SMILES string of the molecule is C=C(CC(=O)OC)C(=O)O.C=COC(=O)COc1ccc(-c2ccc(-c3ccc(OC(=O)c4ccccc4)cc3)cc2)cc1.CCCO. The van der Waals surface area contributed by atoms with Gasteiger partial charge in [0.05, 0.1) is 25.4 Å². The van der Waals surface area contributed by atoms with Crippen LogP contribution >= 0.6 is 0 Å². The summed E-state index contributed by atoms with van der Waals surface area (Å²) in [5, 5.41) is 16.1. The molecule has 10 nitrogen and oxygen atoms in total. The first-order valence-electron chi connectivity index (χ1n) is 14.7. The number of aliphatic hydroxyl groups excluding tert-OH is 1. The van der Waals surface area contributed by atoms with Gasteiger partial charge in [0.1, 0.15) is 11.5 Å². The van der Waals surface area contributed by atoms with Crippen molar-refractivity contribution in [2.75, 3.05) is 20.3 Å². The summed E-state index contributed by atoms with van der Waals surface area (Å²) in [5.41, 5.74) is 4.49. The molecule has 4 aromatic carbocycles. The third-order valence-corrected chi connectivity index (χ3v) is 6.16. The number of methoxy groups -OCH3 is 1. The molecule has 0 unspecified atom stereocenters. The van der Waals surface area contributed by atoms with Crippen molar-refractivity contribution < 1.29 is 48.3 Å². The molecule has 0 bridgehead atoms. The summed E-state index contributed by atoms with van der Waals surface area (Å²) in [6.45, 7) is 8.55. The predicted molar refractivity (Wildman–Crippen MR) is 181 cm³/mol. The van der Waals surface area contributed by atoms with Gasteiger partial charge in [-0.25, -0.2) is 14.4 Å². The highest BCUT2D eigenvalue weighted by Crippen LogP contribution is 2.27. The Kier molecular flexibility index (Phi) is 16.6. The highest BCUT2D eigenvalue weighted by molar-refractivity contribution is 5.92. The quantitative estimate of drug-likeness (QED) is 0.0717. The highest BCUT2D eigenvalue weighted by atomic mass is 16.6. The average Bonchev–Trinajstić information content (AvgIpc) is 3.12. The van der Waals surface area contributed by atoms with Gasteiger partial charge in [-0.1, -0.05) is 86.8 Å². The largest absolute Gasteiger partial charge is 0.482 e. The molecule has 0 atom stereocenters. The zero-order chi connectivity index (χ0) is 35.3. The van der Waals surface area contributed by atoms with Crippen molar-refractivity contribution >= 4 is 23.9 Å². The summed E-state index contributed by atoms with van der Waals surface area (Å²) in [5.74, 6) is -1.58. The fraction of sp³-hybridized carbons (Fsp3) is 0.158. The second kappa shape index (κ2) is 20.9. The Morgan fingerprint density at radius 1 is 0.729 bits per heavy atom. The lowest BCUT2D eigenvalue weighted by Gasteiger charge is -2.08. The maximum atomic E-state index is 12.2. The number of aliphatic hydroxyl groups is 1. The highest BCUT2D eigenvalue weighted by Gasteiger charge is 2.10. The summed E-state index contributed by atoms with van der Waals surface area (Å²) in [4.78, 5) is 44.0. The zero-order valence-corrected chi connectivity index (χ0v) is 26.8. The predicted octanol–water partition coefficient (Wildman–Crippen LogP) is 6.88. The van der Waals surface area contributed by atoms with E-state index >= 15 is 0 Å². The van der Waals surface area contributed by atoms with E-state index in [2.05, 4.69) is 22.6 Å². The molecule has 0 heterocycles. The normalized spacial score (nSPS) is 9.65. The molecule has 0 aliphatic carbocycles. The van der Waals surface area contributed by atoms with E-state index < -0.39 is 17.9 Å². The summed E-state index contributed by atoms with van der Waals surface area (Å²) in [6.07, 6.45) is 1.69. The topological polar surface area (TPSA) is 146 Å². The molecule has 10 heteroatoms. The van der Waals surface area contributed by atoms with Crippen LogP contribution in [0.25, 0.3) is 22.3 Å². The van der Waals surface area contributed by atoms with Crippen LogP contribution in [0.5, 0.6) is 11.5 Å². The van der Waals surface area contributed by atoms with Crippen LogP contribution in [0.3, 0.4) is 0 Å². The number of benzene rings is 4. The van der Waals surface area contributed by atoms with E-state index in [0.717, 1.165) is 34.9 Å². The first-order valence-corrected chi connectivity index (χ1v) is 14.7. The van der Waals surface area contributed by atoms with Crippen molar-refractivity contribution in [1.82, 2.24) is 0 Å². The molecular formula is C38H38O10. The van der Waals surface area contributed by atoms with Crippen molar-refractivity contribution in [3.63, 3.8) is 0 Å². The minimum atomic E-state index is -1.18. The molecule has 0 amide bonds. The van der Waals surface area contributed by atoms with E-state index in [0.29, 0.717) is 23.7 Å². The van der Waals surface area contributed by atoms with Crippen LogP contribution in [0.2, 0.25) is 0 Å². The molecule has 250 valence electrons. The number of carboxylic acid groups (broad SMARTS) is 1. The molecular weight excluding hydrogens is 616 g/mol. The first-order chi connectivity index (χ1) is 23.1. The van der Waals surface area contributed by atoms with Crippen molar-refractivity contribution in [3.05, 3.63) is 134 Å². The number of carbonyl (C=O) groups excluding carboxylic acids is 3. The zero-order valence-electron chi connectivity index (χ0n) is 26.8. The van der Waals surface area contributed by atoms with Gasteiger partial charge in [0.25, 0.3) is 0 Å². The third kappa shape index (κ3) is 13.6. The molecule has 2 N–H and O–H groups in total. The number of aliphatic carboxylic acids is 1. The fourth-order valence-electron chi connectivity index (χ4n) is 3.65. The van der Waals surface area contributed by atoms with Gasteiger partial charge in [-0.3, -0.25) is 4.79 Å². The van der Waals surface area contributed by atoms with E-state index in [9.17, 15) is 19.2 Å². The number of ether oxygens (including phenoxy) is 4. The average molecular weight is 655 g/mol. The van der Waals surface area contributed by atoms with Gasteiger partial charge in [0.2, 0.25) is 0 Å². The number of hydrogen-bond donors (Lipinski definition) is 2. The van der Waals surface area contributed by atoms with E-state index in [-0.39, 0.29) is 24.6 Å². The van der Waals surface area contributed by atoms with Gasteiger partial charge >= 0.3 is 23.9 Å². The smallest absolute Gasteiger partial charge is 0.348 e. The van der Waals surface area contributed by atoms with Gasteiger partial charge in [0.15, 0.2) is 6.61 Å². The lowest BCUT2D eigenvalue weighted by atomic mass is 10.0. The van der Waals surface area contributed by atoms with Gasteiger partial charge in [-0.15, -0.1) is 0 Å². The fourth-order valence-corrected chi connectivity index (χ4v) is 3.65. The summed E-state index contributed by atoms with van der Waals surface area (Å²) >= 11 is 0. The second-order valence-electron chi connectivity index (χ2n) is 9.71. The molecule has 4 rings (SSSR count). The lowest BCUT2D eigenvalue weighted by molar-refractivity contribution is -0.142. The van der Waals surface area contributed by atoms with E-state index in [1.54, 1.807) is 48.5 Å². The Morgan fingerprint density at radius 3 is 1.60 bits per heavy atom. The third-order valence-electron chi connectivity index (χ3n) is 6.16. The minimum Gasteiger partial charge on any atom is -0.482 e.